The molecule has 19 heavy (non-hydrogen) atoms. The van der Waals surface area contributed by atoms with Gasteiger partial charge in [-0.1, -0.05) is 25.4 Å². The molecule has 0 amide bonds. The number of hydrogen-bond acceptors (Lipinski definition) is 2. The molecule has 108 valence electrons. The molecule has 1 saturated carbocycles. The Kier molecular flexibility index (Phi) is 3.99. The quantitative estimate of drug-likeness (QED) is 0.918. The van der Waals surface area contributed by atoms with Crippen molar-refractivity contribution in [3.63, 3.8) is 0 Å². The van der Waals surface area contributed by atoms with E-state index in [2.05, 4.69) is 25.9 Å². The Bertz CT molecular complexity index is 455. The molecule has 0 atom stereocenters. The maximum Gasteiger partial charge on any atom is 0.0848 e. The lowest BCUT2D eigenvalue weighted by Crippen LogP contribution is -2.39. The van der Waals surface area contributed by atoms with Gasteiger partial charge in [-0.15, -0.1) is 0 Å². The normalized spacial score (nSPS) is 21.6. The number of hydrogen-bond donors (Lipinski definition) is 1. The molecule has 0 spiro atoms. The van der Waals surface area contributed by atoms with Gasteiger partial charge in [0, 0.05) is 13.0 Å². The maximum atomic E-state index is 10.8. The Morgan fingerprint density at radius 1 is 1.26 bits per heavy atom. The molecule has 1 aliphatic rings. The Balaban J connectivity index is 2.17. The molecule has 1 N–H and O–H groups in total. The lowest BCUT2D eigenvalue weighted by Gasteiger charge is -2.40. The molecule has 1 aromatic heterocycles. The Morgan fingerprint density at radius 2 is 1.84 bits per heavy atom. The molecule has 0 aliphatic heterocycles. The highest BCUT2D eigenvalue weighted by Crippen LogP contribution is 2.42. The van der Waals surface area contributed by atoms with E-state index in [9.17, 15) is 5.11 Å². The van der Waals surface area contributed by atoms with Crippen LogP contribution < -0.4 is 0 Å². The van der Waals surface area contributed by atoms with Crippen molar-refractivity contribution in [1.29, 1.82) is 0 Å². The molecule has 0 radical (unpaired) electrons. The fourth-order valence-corrected chi connectivity index (χ4v) is 3.12. The highest BCUT2D eigenvalue weighted by atomic mass is 35.5. The topological polar surface area (TPSA) is 38.0 Å². The summed E-state index contributed by atoms with van der Waals surface area (Å²) in [7, 11) is 0. The van der Waals surface area contributed by atoms with Crippen molar-refractivity contribution in [3.8, 4) is 0 Å². The van der Waals surface area contributed by atoms with E-state index >= 15 is 0 Å². The smallest absolute Gasteiger partial charge is 0.0848 e. The summed E-state index contributed by atoms with van der Waals surface area (Å²) >= 11 is 6.34. The van der Waals surface area contributed by atoms with E-state index in [0.29, 0.717) is 11.8 Å². The first-order chi connectivity index (χ1) is 8.76. The number of nitrogens with zero attached hydrogens (tertiary/aromatic N) is 2. The molecular weight excluding hydrogens is 260 g/mol. The number of rotatable bonds is 3. The highest BCUT2D eigenvalue weighted by molar-refractivity contribution is 6.31. The van der Waals surface area contributed by atoms with Crippen molar-refractivity contribution in [2.45, 2.75) is 71.9 Å². The van der Waals surface area contributed by atoms with Crippen molar-refractivity contribution in [3.05, 3.63) is 16.4 Å². The average molecular weight is 285 g/mol. The van der Waals surface area contributed by atoms with Crippen molar-refractivity contribution < 1.29 is 5.11 Å². The van der Waals surface area contributed by atoms with Crippen LogP contribution in [-0.2, 0) is 13.0 Å². The lowest BCUT2D eigenvalue weighted by molar-refractivity contribution is -0.0264. The van der Waals surface area contributed by atoms with E-state index in [1.165, 1.54) is 0 Å². The molecule has 0 aromatic carbocycles. The second kappa shape index (κ2) is 5.10. The summed E-state index contributed by atoms with van der Waals surface area (Å²) in [5.41, 5.74) is 1.59. The minimum Gasteiger partial charge on any atom is -0.389 e. The summed E-state index contributed by atoms with van der Waals surface area (Å²) in [4.78, 5) is 0. The summed E-state index contributed by atoms with van der Waals surface area (Å²) < 4.78 is 1.93. The molecular formula is C15H25ClN2O. The van der Waals surface area contributed by atoms with Gasteiger partial charge >= 0.3 is 0 Å². The summed E-state index contributed by atoms with van der Waals surface area (Å²) in [6.45, 7) is 9.33. The van der Waals surface area contributed by atoms with Gasteiger partial charge in [0.1, 0.15) is 0 Å². The first-order valence-corrected chi connectivity index (χ1v) is 7.58. The summed E-state index contributed by atoms with van der Waals surface area (Å²) in [6.07, 6.45) is 4.46. The fourth-order valence-electron chi connectivity index (χ4n) is 2.92. The molecule has 2 rings (SSSR count). The number of aryl methyl sites for hydroxylation is 2. The maximum absolute atomic E-state index is 10.8. The molecule has 0 unspecified atom stereocenters. The molecule has 1 heterocycles. The standard InChI is InChI=1S/C15H25ClN2O/c1-5-18-12(13(16)11(2)17-18)10-15(19)8-6-14(3,4)7-9-15/h19H,5-10H2,1-4H3. The lowest BCUT2D eigenvalue weighted by atomic mass is 9.69. The fraction of sp³-hybridized carbons (Fsp3) is 0.800. The van der Waals surface area contributed by atoms with Crippen LogP contribution in [0.5, 0.6) is 0 Å². The van der Waals surface area contributed by atoms with E-state index in [4.69, 9.17) is 11.6 Å². The Morgan fingerprint density at radius 3 is 2.37 bits per heavy atom. The third-order valence-corrected chi connectivity index (χ3v) is 4.98. The predicted molar refractivity (Wildman–Crippen MR) is 78.6 cm³/mol. The third-order valence-electron chi connectivity index (χ3n) is 4.48. The number of aromatic nitrogens is 2. The molecule has 3 nitrogen and oxygen atoms in total. The van der Waals surface area contributed by atoms with Gasteiger partial charge in [-0.05, 0) is 44.9 Å². The van der Waals surface area contributed by atoms with E-state index < -0.39 is 5.60 Å². The van der Waals surface area contributed by atoms with Crippen LogP contribution in [0.2, 0.25) is 5.02 Å². The van der Waals surface area contributed by atoms with Crippen LogP contribution in [0.15, 0.2) is 0 Å². The Labute approximate surface area is 121 Å². The zero-order valence-electron chi connectivity index (χ0n) is 12.5. The van der Waals surface area contributed by atoms with Crippen molar-refractivity contribution in [2.24, 2.45) is 5.41 Å². The van der Waals surface area contributed by atoms with Crippen LogP contribution in [0, 0.1) is 12.3 Å². The molecule has 0 saturated heterocycles. The van der Waals surface area contributed by atoms with Crippen LogP contribution in [0.1, 0.15) is 57.8 Å². The number of aliphatic hydroxyl groups is 1. The first kappa shape index (κ1) is 14.9. The van der Waals surface area contributed by atoms with Gasteiger partial charge in [0.05, 0.1) is 22.0 Å². The minimum atomic E-state index is -0.613. The average Bonchev–Trinajstić information content (AvgIpc) is 2.61. The molecule has 1 aromatic rings. The van der Waals surface area contributed by atoms with Crippen molar-refractivity contribution in [1.82, 2.24) is 9.78 Å². The summed E-state index contributed by atoms with van der Waals surface area (Å²) in [6, 6.07) is 0. The van der Waals surface area contributed by atoms with Crippen molar-refractivity contribution >= 4 is 11.6 Å². The third kappa shape index (κ3) is 3.14. The second-order valence-electron chi connectivity index (χ2n) is 6.73. The van der Waals surface area contributed by atoms with Gasteiger partial charge in [0.2, 0.25) is 0 Å². The van der Waals surface area contributed by atoms with Gasteiger partial charge in [0.15, 0.2) is 0 Å². The summed E-state index contributed by atoms with van der Waals surface area (Å²) in [5.74, 6) is 0. The van der Waals surface area contributed by atoms with Gasteiger partial charge < -0.3 is 5.11 Å². The van der Waals surface area contributed by atoms with Gasteiger partial charge in [-0.2, -0.15) is 5.10 Å². The van der Waals surface area contributed by atoms with Crippen LogP contribution in [0.25, 0.3) is 0 Å². The van der Waals surface area contributed by atoms with Gasteiger partial charge in [-0.3, -0.25) is 4.68 Å². The van der Waals surface area contributed by atoms with Gasteiger partial charge in [0.25, 0.3) is 0 Å². The van der Waals surface area contributed by atoms with Crippen LogP contribution in [0.3, 0.4) is 0 Å². The zero-order chi connectivity index (χ0) is 14.3. The second-order valence-corrected chi connectivity index (χ2v) is 7.11. The SMILES string of the molecule is CCn1nc(C)c(Cl)c1CC1(O)CCC(C)(C)CC1. The molecule has 1 aliphatic carbocycles. The first-order valence-electron chi connectivity index (χ1n) is 7.20. The zero-order valence-corrected chi connectivity index (χ0v) is 13.2. The molecule has 1 fully saturated rings. The van der Waals surface area contributed by atoms with Gasteiger partial charge in [-0.25, -0.2) is 0 Å². The van der Waals surface area contributed by atoms with E-state index in [1.807, 2.05) is 11.6 Å². The van der Waals surface area contributed by atoms with Crippen LogP contribution >= 0.6 is 11.6 Å². The largest absolute Gasteiger partial charge is 0.389 e. The van der Waals surface area contributed by atoms with Crippen molar-refractivity contribution in [2.75, 3.05) is 0 Å². The van der Waals surface area contributed by atoms with Crippen LogP contribution in [0.4, 0.5) is 0 Å². The predicted octanol–water partition coefficient (Wildman–Crippen LogP) is 3.74. The Hall–Kier alpha value is -0.540. The number of halogens is 1. The van der Waals surface area contributed by atoms with Crippen LogP contribution in [-0.4, -0.2) is 20.5 Å². The van der Waals surface area contributed by atoms with E-state index in [0.717, 1.165) is 48.6 Å². The minimum absolute atomic E-state index is 0.358. The monoisotopic (exact) mass is 284 g/mol. The van der Waals surface area contributed by atoms with E-state index in [-0.39, 0.29) is 0 Å². The molecule has 4 heteroatoms. The molecule has 0 bridgehead atoms. The summed E-state index contributed by atoms with van der Waals surface area (Å²) in [5, 5.41) is 16.0. The van der Waals surface area contributed by atoms with E-state index in [1.54, 1.807) is 0 Å². The highest BCUT2D eigenvalue weighted by Gasteiger charge is 2.38.